The largest absolute Gasteiger partial charge is 0.384 e. The molecule has 0 fully saturated rings. The molecule has 0 aliphatic carbocycles. The summed E-state index contributed by atoms with van der Waals surface area (Å²) in [6, 6.07) is 5.29. The van der Waals surface area contributed by atoms with Crippen LogP contribution in [-0.2, 0) is 6.42 Å². The standard InChI is InChI=1S/C9H10N4O/c1-2-8-12-9(14-13-8)6-4-3-5-7(10)11-6/h3-5H,2H2,1H3,(H2,10,11). The molecule has 0 aliphatic heterocycles. The van der Waals surface area contributed by atoms with Gasteiger partial charge in [-0.2, -0.15) is 4.98 Å². The van der Waals surface area contributed by atoms with Gasteiger partial charge in [0.25, 0.3) is 5.89 Å². The van der Waals surface area contributed by atoms with Crippen LogP contribution in [-0.4, -0.2) is 15.1 Å². The molecular formula is C9H10N4O. The Hall–Kier alpha value is -1.91. The lowest BCUT2D eigenvalue weighted by molar-refractivity contribution is 0.422. The average molecular weight is 190 g/mol. The van der Waals surface area contributed by atoms with Gasteiger partial charge < -0.3 is 10.3 Å². The third kappa shape index (κ3) is 1.56. The van der Waals surface area contributed by atoms with Gasteiger partial charge in [-0.3, -0.25) is 0 Å². The number of hydrogen-bond donors (Lipinski definition) is 1. The molecule has 0 bridgehead atoms. The van der Waals surface area contributed by atoms with Crippen molar-refractivity contribution in [2.24, 2.45) is 0 Å². The van der Waals surface area contributed by atoms with Crippen LogP contribution in [0.5, 0.6) is 0 Å². The molecule has 0 unspecified atom stereocenters. The fourth-order valence-corrected chi connectivity index (χ4v) is 1.07. The van der Waals surface area contributed by atoms with Crippen LogP contribution in [0.2, 0.25) is 0 Å². The number of aryl methyl sites for hydroxylation is 1. The van der Waals surface area contributed by atoms with Crippen LogP contribution in [0.1, 0.15) is 12.7 Å². The molecule has 72 valence electrons. The van der Waals surface area contributed by atoms with Gasteiger partial charge in [-0.15, -0.1) is 0 Å². The van der Waals surface area contributed by atoms with E-state index in [-0.39, 0.29) is 0 Å². The maximum absolute atomic E-state index is 5.53. The summed E-state index contributed by atoms with van der Waals surface area (Å²) in [5.41, 5.74) is 6.14. The first-order valence-electron chi connectivity index (χ1n) is 4.35. The second-order valence-corrected chi connectivity index (χ2v) is 2.82. The molecule has 0 aliphatic rings. The van der Waals surface area contributed by atoms with E-state index in [9.17, 15) is 0 Å². The normalized spacial score (nSPS) is 10.4. The number of anilines is 1. The third-order valence-corrected chi connectivity index (χ3v) is 1.77. The van der Waals surface area contributed by atoms with Crippen molar-refractivity contribution in [3.05, 3.63) is 24.0 Å². The maximum Gasteiger partial charge on any atom is 0.276 e. The maximum atomic E-state index is 5.53. The van der Waals surface area contributed by atoms with Crippen LogP contribution in [0, 0.1) is 0 Å². The molecule has 0 aromatic carbocycles. The van der Waals surface area contributed by atoms with E-state index in [4.69, 9.17) is 10.3 Å². The van der Waals surface area contributed by atoms with Crippen LogP contribution in [0.3, 0.4) is 0 Å². The van der Waals surface area contributed by atoms with Crippen LogP contribution < -0.4 is 5.73 Å². The zero-order valence-corrected chi connectivity index (χ0v) is 7.77. The fourth-order valence-electron chi connectivity index (χ4n) is 1.07. The van der Waals surface area contributed by atoms with Crippen molar-refractivity contribution >= 4 is 5.82 Å². The SMILES string of the molecule is CCc1noc(-c2cccc(N)n2)n1. The quantitative estimate of drug-likeness (QED) is 0.771. The van der Waals surface area contributed by atoms with Gasteiger partial charge >= 0.3 is 0 Å². The first-order chi connectivity index (χ1) is 6.79. The van der Waals surface area contributed by atoms with E-state index in [0.717, 1.165) is 6.42 Å². The Morgan fingerprint density at radius 2 is 2.21 bits per heavy atom. The molecule has 0 atom stereocenters. The predicted molar refractivity (Wildman–Crippen MR) is 51.3 cm³/mol. The average Bonchev–Trinajstić information content (AvgIpc) is 2.66. The monoisotopic (exact) mass is 190 g/mol. The van der Waals surface area contributed by atoms with Crippen molar-refractivity contribution in [3.63, 3.8) is 0 Å². The Bertz CT molecular complexity index is 438. The highest BCUT2D eigenvalue weighted by Gasteiger charge is 2.08. The van der Waals surface area contributed by atoms with Crippen LogP contribution in [0.4, 0.5) is 5.82 Å². The van der Waals surface area contributed by atoms with Crippen molar-refractivity contribution in [1.82, 2.24) is 15.1 Å². The summed E-state index contributed by atoms with van der Waals surface area (Å²) in [6.07, 6.45) is 0.742. The van der Waals surface area contributed by atoms with Gasteiger partial charge in [-0.1, -0.05) is 18.1 Å². The van der Waals surface area contributed by atoms with E-state index in [1.165, 1.54) is 0 Å². The summed E-state index contributed by atoms with van der Waals surface area (Å²) in [7, 11) is 0. The van der Waals surface area contributed by atoms with Crippen molar-refractivity contribution < 1.29 is 4.52 Å². The lowest BCUT2D eigenvalue weighted by atomic mass is 10.3. The number of nitrogens with two attached hydrogens (primary N) is 1. The van der Waals surface area contributed by atoms with E-state index in [2.05, 4.69) is 15.1 Å². The summed E-state index contributed by atoms with van der Waals surface area (Å²) in [4.78, 5) is 8.22. The van der Waals surface area contributed by atoms with Gasteiger partial charge in [0.15, 0.2) is 5.82 Å². The van der Waals surface area contributed by atoms with Gasteiger partial charge in [0.1, 0.15) is 11.5 Å². The van der Waals surface area contributed by atoms with Gasteiger partial charge in [0.2, 0.25) is 0 Å². The number of nitrogens with zero attached hydrogens (tertiary/aromatic N) is 3. The Morgan fingerprint density at radius 3 is 2.86 bits per heavy atom. The zero-order valence-electron chi connectivity index (χ0n) is 7.77. The summed E-state index contributed by atoms with van der Waals surface area (Å²) in [6.45, 7) is 1.96. The van der Waals surface area contributed by atoms with E-state index in [1.54, 1.807) is 18.2 Å². The molecule has 14 heavy (non-hydrogen) atoms. The molecule has 2 rings (SSSR count). The van der Waals surface area contributed by atoms with Gasteiger partial charge in [-0.05, 0) is 12.1 Å². The smallest absolute Gasteiger partial charge is 0.276 e. The highest BCUT2D eigenvalue weighted by molar-refractivity contribution is 5.49. The number of rotatable bonds is 2. The van der Waals surface area contributed by atoms with Gasteiger partial charge in [0, 0.05) is 6.42 Å². The molecular weight excluding hydrogens is 180 g/mol. The van der Waals surface area contributed by atoms with Crippen molar-refractivity contribution in [1.29, 1.82) is 0 Å². The molecule has 5 nitrogen and oxygen atoms in total. The predicted octanol–water partition coefficient (Wildman–Crippen LogP) is 1.28. The van der Waals surface area contributed by atoms with Crippen LogP contribution in [0.25, 0.3) is 11.6 Å². The van der Waals surface area contributed by atoms with Crippen molar-refractivity contribution in [2.75, 3.05) is 5.73 Å². The molecule has 0 spiro atoms. The van der Waals surface area contributed by atoms with Crippen molar-refractivity contribution in [3.8, 4) is 11.6 Å². The fraction of sp³-hybridized carbons (Fsp3) is 0.222. The highest BCUT2D eigenvalue weighted by Crippen LogP contribution is 2.15. The molecule has 2 aromatic heterocycles. The van der Waals surface area contributed by atoms with E-state index in [0.29, 0.717) is 23.2 Å². The number of pyridine rings is 1. The summed E-state index contributed by atoms with van der Waals surface area (Å²) in [5.74, 6) is 1.53. The Balaban J connectivity index is 2.39. The molecule has 0 radical (unpaired) electrons. The van der Waals surface area contributed by atoms with E-state index < -0.39 is 0 Å². The lowest BCUT2D eigenvalue weighted by Gasteiger charge is -1.93. The second-order valence-electron chi connectivity index (χ2n) is 2.82. The topological polar surface area (TPSA) is 77.8 Å². The molecule has 0 saturated carbocycles. The first kappa shape index (κ1) is 8.68. The summed E-state index contributed by atoms with van der Waals surface area (Å²) < 4.78 is 5.02. The number of aromatic nitrogens is 3. The molecule has 2 heterocycles. The Labute approximate surface area is 81.0 Å². The number of nitrogen functional groups attached to an aromatic ring is 1. The Kier molecular flexibility index (Phi) is 2.14. The Morgan fingerprint density at radius 1 is 1.36 bits per heavy atom. The van der Waals surface area contributed by atoms with Gasteiger partial charge in [0.05, 0.1) is 0 Å². The van der Waals surface area contributed by atoms with Crippen LogP contribution >= 0.6 is 0 Å². The highest BCUT2D eigenvalue weighted by atomic mass is 16.5. The van der Waals surface area contributed by atoms with E-state index in [1.807, 2.05) is 6.92 Å². The second kappa shape index (κ2) is 3.45. The summed E-state index contributed by atoms with van der Waals surface area (Å²) >= 11 is 0. The lowest BCUT2D eigenvalue weighted by Crippen LogP contribution is -1.91. The third-order valence-electron chi connectivity index (χ3n) is 1.77. The minimum Gasteiger partial charge on any atom is -0.384 e. The van der Waals surface area contributed by atoms with Gasteiger partial charge in [-0.25, -0.2) is 4.98 Å². The molecule has 2 N–H and O–H groups in total. The number of hydrogen-bond acceptors (Lipinski definition) is 5. The minimum atomic E-state index is 0.411. The zero-order chi connectivity index (χ0) is 9.97. The van der Waals surface area contributed by atoms with Crippen LogP contribution in [0.15, 0.2) is 22.7 Å². The minimum absolute atomic E-state index is 0.411. The van der Waals surface area contributed by atoms with E-state index >= 15 is 0 Å². The molecule has 5 heteroatoms. The first-order valence-corrected chi connectivity index (χ1v) is 4.35. The van der Waals surface area contributed by atoms with Crippen molar-refractivity contribution in [2.45, 2.75) is 13.3 Å². The summed E-state index contributed by atoms with van der Waals surface area (Å²) in [5, 5.41) is 3.77. The molecule has 2 aromatic rings. The molecule has 0 amide bonds. The molecule has 0 saturated heterocycles.